The van der Waals surface area contributed by atoms with Crippen molar-refractivity contribution in [2.75, 3.05) is 25.4 Å². The van der Waals surface area contributed by atoms with Crippen LogP contribution in [0.2, 0.25) is 0 Å². The summed E-state index contributed by atoms with van der Waals surface area (Å²) >= 11 is 0. The third-order valence-corrected chi connectivity index (χ3v) is 10.1. The number of halogens is 1. The summed E-state index contributed by atoms with van der Waals surface area (Å²) in [6.07, 6.45) is -1.10. The fourth-order valence-corrected chi connectivity index (χ4v) is 7.01. The Morgan fingerprint density at radius 1 is 0.898 bits per heavy atom. The van der Waals surface area contributed by atoms with Gasteiger partial charge in [-0.25, -0.2) is 12.8 Å². The standard InChI is InChI=1S/C37H52FN5O5S/c1-25(2)23-43(49(47,48)30-18-16-29(39)17-19-30)24-32(44)31(20-26-12-9-8-10-13-26)41-35(46)34(36(3,4)5)42-33(45)22-40-37(6,7)27-14-11-15-28(38)21-27/h8-19,21,25,31-32,34,40,44H,20,22-24,39H2,1-7H3,(H,41,46)(H,42,45)/t31-,32+,34+/m0/s1. The molecule has 3 aromatic rings. The van der Waals surface area contributed by atoms with Gasteiger partial charge in [-0.15, -0.1) is 0 Å². The number of nitrogens with zero attached hydrogens (tertiary/aromatic N) is 1. The Bertz CT molecular complexity index is 1640. The largest absolute Gasteiger partial charge is 0.399 e. The van der Waals surface area contributed by atoms with Crippen LogP contribution in [0, 0.1) is 17.2 Å². The van der Waals surface area contributed by atoms with E-state index in [4.69, 9.17) is 5.73 Å². The molecule has 268 valence electrons. The van der Waals surface area contributed by atoms with Crippen LogP contribution >= 0.6 is 0 Å². The molecule has 0 aliphatic carbocycles. The second-order valence-electron chi connectivity index (χ2n) is 14.5. The number of anilines is 1. The van der Waals surface area contributed by atoms with Gasteiger partial charge in [0.05, 0.1) is 23.6 Å². The second-order valence-corrected chi connectivity index (χ2v) is 16.5. The molecular formula is C37H52FN5O5S. The van der Waals surface area contributed by atoms with Gasteiger partial charge in [0, 0.05) is 24.3 Å². The molecule has 12 heteroatoms. The van der Waals surface area contributed by atoms with E-state index in [1.165, 1.54) is 40.7 Å². The van der Waals surface area contributed by atoms with Crippen LogP contribution in [-0.4, -0.2) is 67.5 Å². The lowest BCUT2D eigenvalue weighted by Crippen LogP contribution is -2.59. The molecule has 0 heterocycles. The van der Waals surface area contributed by atoms with Gasteiger partial charge in [0.15, 0.2) is 0 Å². The molecule has 0 radical (unpaired) electrons. The van der Waals surface area contributed by atoms with Crippen LogP contribution in [-0.2, 0) is 31.6 Å². The van der Waals surface area contributed by atoms with Gasteiger partial charge in [0.1, 0.15) is 11.9 Å². The van der Waals surface area contributed by atoms with Gasteiger partial charge in [-0.2, -0.15) is 4.31 Å². The highest BCUT2D eigenvalue weighted by Gasteiger charge is 2.37. The Hall–Kier alpha value is -3.84. The average molecular weight is 698 g/mol. The van der Waals surface area contributed by atoms with Crippen LogP contribution < -0.4 is 21.7 Å². The van der Waals surface area contributed by atoms with Gasteiger partial charge in [-0.3, -0.25) is 14.9 Å². The van der Waals surface area contributed by atoms with E-state index in [-0.39, 0.29) is 42.7 Å². The molecule has 0 spiro atoms. The third kappa shape index (κ3) is 11.6. The number of hydrogen-bond acceptors (Lipinski definition) is 7. The van der Waals surface area contributed by atoms with E-state index >= 15 is 0 Å². The Balaban J connectivity index is 1.83. The van der Waals surface area contributed by atoms with Crippen molar-refractivity contribution in [1.29, 1.82) is 0 Å². The molecule has 0 saturated heterocycles. The zero-order chi connectivity index (χ0) is 36.6. The minimum absolute atomic E-state index is 0.0443. The van der Waals surface area contributed by atoms with Crippen LogP contribution in [0.15, 0.2) is 83.8 Å². The van der Waals surface area contributed by atoms with E-state index in [0.717, 1.165) is 5.56 Å². The number of sulfonamides is 1. The molecule has 0 aliphatic heterocycles. The maximum atomic E-state index is 14.0. The van der Waals surface area contributed by atoms with Crippen molar-refractivity contribution in [2.45, 2.75) is 83.5 Å². The Morgan fingerprint density at radius 2 is 1.53 bits per heavy atom. The van der Waals surface area contributed by atoms with E-state index in [2.05, 4.69) is 16.0 Å². The number of rotatable bonds is 16. The van der Waals surface area contributed by atoms with Crippen molar-refractivity contribution >= 4 is 27.5 Å². The number of benzene rings is 3. The van der Waals surface area contributed by atoms with Crippen molar-refractivity contribution in [3.63, 3.8) is 0 Å². The predicted octanol–water partition coefficient (Wildman–Crippen LogP) is 4.20. The normalized spacial score (nSPS) is 14.3. The van der Waals surface area contributed by atoms with Crippen molar-refractivity contribution in [3.05, 3.63) is 95.8 Å². The predicted molar refractivity (Wildman–Crippen MR) is 191 cm³/mol. The number of aliphatic hydroxyl groups is 1. The number of hydrogen-bond donors (Lipinski definition) is 5. The van der Waals surface area contributed by atoms with E-state index in [9.17, 15) is 27.5 Å². The molecule has 0 fully saturated rings. The van der Waals surface area contributed by atoms with Crippen molar-refractivity contribution < 1.29 is 27.5 Å². The summed E-state index contributed by atoms with van der Waals surface area (Å²) < 4.78 is 42.6. The lowest BCUT2D eigenvalue weighted by molar-refractivity contribution is -0.132. The monoisotopic (exact) mass is 697 g/mol. The van der Waals surface area contributed by atoms with Gasteiger partial charge >= 0.3 is 0 Å². The molecule has 3 aromatic carbocycles. The molecule has 49 heavy (non-hydrogen) atoms. The number of nitrogens with one attached hydrogen (secondary N) is 3. The lowest BCUT2D eigenvalue weighted by atomic mass is 9.85. The fraction of sp³-hybridized carbons (Fsp3) is 0.459. The smallest absolute Gasteiger partial charge is 0.243 e. The summed E-state index contributed by atoms with van der Waals surface area (Å²) in [4.78, 5) is 27.2. The quantitative estimate of drug-likeness (QED) is 0.141. The summed E-state index contributed by atoms with van der Waals surface area (Å²) in [5.74, 6) is -1.42. The highest BCUT2D eigenvalue weighted by molar-refractivity contribution is 7.89. The Morgan fingerprint density at radius 3 is 2.10 bits per heavy atom. The summed E-state index contributed by atoms with van der Waals surface area (Å²) in [5.41, 5.74) is 6.22. The van der Waals surface area contributed by atoms with Crippen molar-refractivity contribution in [2.24, 2.45) is 11.3 Å². The van der Waals surface area contributed by atoms with Gasteiger partial charge in [0.2, 0.25) is 21.8 Å². The summed E-state index contributed by atoms with van der Waals surface area (Å²) in [5, 5.41) is 20.6. The van der Waals surface area contributed by atoms with Gasteiger partial charge in [-0.05, 0) is 79.1 Å². The van der Waals surface area contributed by atoms with Gasteiger partial charge in [0.25, 0.3) is 0 Å². The van der Waals surface area contributed by atoms with E-state index < -0.39 is 51.0 Å². The van der Waals surface area contributed by atoms with Crippen molar-refractivity contribution in [1.82, 2.24) is 20.3 Å². The van der Waals surface area contributed by atoms with Crippen molar-refractivity contribution in [3.8, 4) is 0 Å². The van der Waals surface area contributed by atoms with Gasteiger partial charge < -0.3 is 21.5 Å². The number of amides is 2. The second kappa shape index (κ2) is 16.7. The average Bonchev–Trinajstić information content (AvgIpc) is 3.02. The molecule has 0 saturated carbocycles. The molecule has 0 aliphatic rings. The Labute approximate surface area is 290 Å². The molecule has 6 N–H and O–H groups in total. The van der Waals surface area contributed by atoms with E-state index in [0.29, 0.717) is 11.3 Å². The molecule has 2 amide bonds. The maximum absolute atomic E-state index is 14.0. The zero-order valence-electron chi connectivity index (χ0n) is 29.5. The van der Waals surface area contributed by atoms with Crippen LogP contribution in [0.25, 0.3) is 0 Å². The highest BCUT2D eigenvalue weighted by atomic mass is 32.2. The third-order valence-electron chi connectivity index (χ3n) is 8.24. The summed E-state index contributed by atoms with van der Waals surface area (Å²) in [6.45, 7) is 12.6. The van der Waals surface area contributed by atoms with E-state index in [1.807, 2.05) is 78.8 Å². The molecule has 3 atom stereocenters. The molecule has 10 nitrogen and oxygen atoms in total. The number of carbonyl (C=O) groups is 2. The number of aliphatic hydroxyl groups excluding tert-OH is 1. The fourth-order valence-electron chi connectivity index (χ4n) is 5.39. The number of nitrogen functional groups attached to an aromatic ring is 1. The number of carbonyl (C=O) groups excluding carboxylic acids is 2. The minimum atomic E-state index is -4.02. The molecule has 3 rings (SSSR count). The molecular weight excluding hydrogens is 646 g/mol. The molecule has 0 unspecified atom stereocenters. The van der Waals surface area contributed by atoms with Crippen LogP contribution in [0.4, 0.5) is 10.1 Å². The first-order valence-corrected chi connectivity index (χ1v) is 17.9. The highest BCUT2D eigenvalue weighted by Crippen LogP contribution is 2.23. The minimum Gasteiger partial charge on any atom is -0.399 e. The Kier molecular flexibility index (Phi) is 13.5. The summed E-state index contributed by atoms with van der Waals surface area (Å²) in [7, 11) is -4.02. The van der Waals surface area contributed by atoms with Gasteiger partial charge in [-0.1, -0.05) is 77.1 Å². The van der Waals surface area contributed by atoms with Crippen LogP contribution in [0.3, 0.4) is 0 Å². The SMILES string of the molecule is CC(C)CN(C[C@@H](O)[C@H](Cc1ccccc1)NC(=O)[C@@H](NC(=O)CNC(C)(C)c1cccc(F)c1)C(C)(C)C)S(=O)(=O)c1ccc(N)cc1. The number of nitrogens with two attached hydrogens (primary N) is 1. The zero-order valence-corrected chi connectivity index (χ0v) is 30.4. The first kappa shape index (κ1) is 39.6. The lowest BCUT2D eigenvalue weighted by Gasteiger charge is -2.35. The van der Waals surface area contributed by atoms with Crippen LogP contribution in [0.1, 0.15) is 59.6 Å². The first-order valence-electron chi connectivity index (χ1n) is 16.5. The maximum Gasteiger partial charge on any atom is 0.243 e. The first-order chi connectivity index (χ1) is 22.8. The van der Waals surface area contributed by atoms with Crippen LogP contribution in [0.5, 0.6) is 0 Å². The molecule has 0 aromatic heterocycles. The van der Waals surface area contributed by atoms with E-state index in [1.54, 1.807) is 12.1 Å². The molecule has 0 bridgehead atoms. The topological polar surface area (TPSA) is 154 Å². The summed E-state index contributed by atoms with van der Waals surface area (Å²) in [6, 6.07) is 19.3.